The van der Waals surface area contributed by atoms with Crippen LogP contribution in [0.25, 0.3) is 22.2 Å². The average molecular weight is 265 g/mol. The predicted molar refractivity (Wildman–Crippen MR) is 75.9 cm³/mol. The summed E-state index contributed by atoms with van der Waals surface area (Å²) in [5.41, 5.74) is 2.92. The number of rotatable bonds is 2. The minimum absolute atomic E-state index is 0.283. The highest BCUT2D eigenvalue weighted by Crippen LogP contribution is 2.49. The first-order chi connectivity index (χ1) is 9.32. The van der Waals surface area contributed by atoms with E-state index >= 15 is 0 Å². The third kappa shape index (κ3) is 1.52. The van der Waals surface area contributed by atoms with E-state index in [-0.39, 0.29) is 5.41 Å². The maximum atomic E-state index is 9.23. The van der Waals surface area contributed by atoms with E-state index in [1.165, 1.54) is 5.39 Å². The minimum Gasteiger partial charge on any atom is -0.360 e. The van der Waals surface area contributed by atoms with E-state index in [2.05, 4.69) is 33.5 Å². The maximum absolute atomic E-state index is 9.23. The second kappa shape index (κ2) is 3.69. The van der Waals surface area contributed by atoms with Gasteiger partial charge >= 0.3 is 0 Å². The number of aromatic nitrogens is 2. The van der Waals surface area contributed by atoms with Crippen LogP contribution in [0.3, 0.4) is 0 Å². The topological polar surface area (TPSA) is 52.5 Å². The van der Waals surface area contributed by atoms with Crippen LogP contribution >= 0.6 is 11.3 Å². The zero-order chi connectivity index (χ0) is 12.9. The van der Waals surface area contributed by atoms with Crippen LogP contribution in [0.5, 0.6) is 0 Å². The fourth-order valence-electron chi connectivity index (χ4n) is 2.40. The summed E-state index contributed by atoms with van der Waals surface area (Å²) in [6, 6.07) is 10.6. The number of aromatic amines is 1. The lowest BCUT2D eigenvalue weighted by Crippen LogP contribution is -2.01. The van der Waals surface area contributed by atoms with Gasteiger partial charge in [-0.15, -0.1) is 11.3 Å². The van der Waals surface area contributed by atoms with E-state index in [1.54, 1.807) is 11.3 Å². The van der Waals surface area contributed by atoms with Crippen LogP contribution in [-0.4, -0.2) is 9.97 Å². The third-order valence-corrected chi connectivity index (χ3v) is 4.79. The molecule has 1 aliphatic rings. The van der Waals surface area contributed by atoms with Gasteiger partial charge in [0.25, 0.3) is 0 Å². The molecule has 1 aromatic carbocycles. The van der Waals surface area contributed by atoms with Crippen LogP contribution < -0.4 is 0 Å². The fourth-order valence-corrected chi connectivity index (χ4v) is 3.43. The van der Waals surface area contributed by atoms with Gasteiger partial charge < -0.3 is 4.98 Å². The number of nitrogens with one attached hydrogen (secondary N) is 1. The molecule has 0 amide bonds. The first kappa shape index (κ1) is 10.8. The molecule has 4 rings (SSSR count). The Hall–Kier alpha value is -2.12. The Labute approximate surface area is 114 Å². The van der Waals surface area contributed by atoms with Gasteiger partial charge in [0.15, 0.2) is 0 Å². The Morgan fingerprint density at radius 2 is 2.16 bits per heavy atom. The van der Waals surface area contributed by atoms with Crippen molar-refractivity contribution in [1.82, 2.24) is 9.97 Å². The Balaban J connectivity index is 1.83. The van der Waals surface area contributed by atoms with Gasteiger partial charge in [-0.2, -0.15) is 5.26 Å². The molecule has 2 aromatic heterocycles. The monoisotopic (exact) mass is 265 g/mol. The van der Waals surface area contributed by atoms with Gasteiger partial charge in [0, 0.05) is 28.0 Å². The maximum Gasteiger partial charge on any atom is 0.114 e. The van der Waals surface area contributed by atoms with Crippen molar-refractivity contribution in [3.8, 4) is 17.3 Å². The summed E-state index contributed by atoms with van der Waals surface area (Å²) in [4.78, 5) is 7.95. The van der Waals surface area contributed by atoms with Gasteiger partial charge in [0.2, 0.25) is 0 Å². The first-order valence-corrected chi connectivity index (χ1v) is 7.14. The van der Waals surface area contributed by atoms with E-state index < -0.39 is 0 Å². The van der Waals surface area contributed by atoms with E-state index in [0.29, 0.717) is 0 Å². The quantitative estimate of drug-likeness (QED) is 0.765. The molecule has 3 aromatic rings. The molecule has 4 heteroatoms. The Bertz CT molecular complexity index is 802. The molecule has 0 unspecified atom stereocenters. The Morgan fingerprint density at radius 3 is 2.95 bits per heavy atom. The second-order valence-corrected chi connectivity index (χ2v) is 5.84. The summed E-state index contributed by atoms with van der Waals surface area (Å²) < 4.78 is 0. The van der Waals surface area contributed by atoms with Crippen molar-refractivity contribution in [2.24, 2.45) is 0 Å². The van der Waals surface area contributed by atoms with Gasteiger partial charge in [-0.1, -0.05) is 18.2 Å². The van der Waals surface area contributed by atoms with Crippen molar-refractivity contribution in [1.29, 1.82) is 5.26 Å². The largest absolute Gasteiger partial charge is 0.360 e. The third-order valence-electron chi connectivity index (χ3n) is 3.74. The fraction of sp³-hybridized carbons (Fsp3) is 0.200. The summed E-state index contributed by atoms with van der Waals surface area (Å²) in [7, 11) is 0. The molecule has 0 bridgehead atoms. The lowest BCUT2D eigenvalue weighted by atomic mass is 10.1. The van der Waals surface area contributed by atoms with Crippen molar-refractivity contribution >= 4 is 22.2 Å². The van der Waals surface area contributed by atoms with Gasteiger partial charge in [-0.05, 0) is 18.9 Å². The highest BCUT2D eigenvalue weighted by molar-refractivity contribution is 7.10. The van der Waals surface area contributed by atoms with Crippen molar-refractivity contribution in [3.05, 3.63) is 40.8 Å². The molecule has 0 aliphatic heterocycles. The molecule has 19 heavy (non-hydrogen) atoms. The number of benzene rings is 1. The van der Waals surface area contributed by atoms with Crippen LogP contribution in [0.15, 0.2) is 35.8 Å². The highest BCUT2D eigenvalue weighted by Gasteiger charge is 2.47. The van der Waals surface area contributed by atoms with Gasteiger partial charge in [-0.3, -0.25) is 0 Å². The molecule has 2 heterocycles. The Morgan fingerprint density at radius 1 is 1.32 bits per heavy atom. The number of nitriles is 1. The molecule has 0 radical (unpaired) electrons. The lowest BCUT2D eigenvalue weighted by molar-refractivity contribution is 0.891. The number of hydrogen-bond acceptors (Lipinski definition) is 3. The van der Waals surface area contributed by atoms with Crippen LogP contribution in [0.1, 0.15) is 17.8 Å². The predicted octanol–water partition coefficient (Wildman–Crippen LogP) is 3.85. The molecule has 0 saturated heterocycles. The molecule has 0 atom stereocenters. The average Bonchev–Trinajstić information content (AvgIpc) is 2.90. The molecular formula is C15H11N3S. The highest BCUT2D eigenvalue weighted by atomic mass is 32.1. The second-order valence-electron chi connectivity index (χ2n) is 4.98. The van der Waals surface area contributed by atoms with Crippen LogP contribution in [0.4, 0.5) is 0 Å². The summed E-state index contributed by atoms with van der Waals surface area (Å²) in [6.45, 7) is 0. The number of hydrogen-bond donors (Lipinski definition) is 1. The van der Waals surface area contributed by atoms with E-state index in [9.17, 15) is 5.26 Å². The number of fused-ring (bicyclic) bond motifs is 1. The SMILES string of the molecule is N#CC1(c2nc(-c3c[nH]c4ccccc34)cs2)CC1. The number of H-pyrrole nitrogens is 1. The number of para-hydroxylation sites is 1. The standard InChI is InChI=1S/C15H11N3S/c16-9-15(5-6-15)14-18-13(8-19-14)11-7-17-12-4-2-1-3-10(11)12/h1-4,7-8,17H,5-6H2. The van der Waals surface area contributed by atoms with Gasteiger partial charge in [0.1, 0.15) is 10.4 Å². The summed E-state index contributed by atoms with van der Waals surface area (Å²) in [5, 5.41) is 13.4. The number of nitrogens with zero attached hydrogens (tertiary/aromatic N) is 2. The Kier molecular flexibility index (Phi) is 2.09. The molecule has 1 N–H and O–H groups in total. The summed E-state index contributed by atoms with van der Waals surface area (Å²) in [6.07, 6.45) is 3.89. The van der Waals surface area contributed by atoms with Crippen molar-refractivity contribution in [2.75, 3.05) is 0 Å². The van der Waals surface area contributed by atoms with Crippen molar-refractivity contribution < 1.29 is 0 Å². The summed E-state index contributed by atoms with van der Waals surface area (Å²) in [5.74, 6) is 0. The van der Waals surface area contributed by atoms with Crippen molar-refractivity contribution in [2.45, 2.75) is 18.3 Å². The van der Waals surface area contributed by atoms with Gasteiger partial charge in [0.05, 0.1) is 11.8 Å². The molecule has 1 aliphatic carbocycles. The van der Waals surface area contributed by atoms with E-state index in [0.717, 1.165) is 34.6 Å². The minimum atomic E-state index is -0.283. The first-order valence-electron chi connectivity index (χ1n) is 6.26. The van der Waals surface area contributed by atoms with Crippen LogP contribution in [0, 0.1) is 11.3 Å². The van der Waals surface area contributed by atoms with E-state index in [1.807, 2.05) is 18.3 Å². The normalized spacial score (nSPS) is 16.4. The smallest absolute Gasteiger partial charge is 0.114 e. The van der Waals surface area contributed by atoms with Crippen molar-refractivity contribution in [3.63, 3.8) is 0 Å². The summed E-state index contributed by atoms with van der Waals surface area (Å²) >= 11 is 1.60. The molecule has 0 spiro atoms. The lowest BCUT2D eigenvalue weighted by Gasteiger charge is -1.98. The molecule has 3 nitrogen and oxygen atoms in total. The number of thiazole rings is 1. The zero-order valence-corrected chi connectivity index (χ0v) is 11.0. The molecule has 1 fully saturated rings. The molecule has 1 saturated carbocycles. The molecule has 92 valence electrons. The van der Waals surface area contributed by atoms with E-state index in [4.69, 9.17) is 0 Å². The van der Waals surface area contributed by atoms with Crippen LogP contribution in [-0.2, 0) is 5.41 Å². The molecular weight excluding hydrogens is 254 g/mol. The zero-order valence-electron chi connectivity index (χ0n) is 10.2. The van der Waals surface area contributed by atoms with Gasteiger partial charge in [-0.25, -0.2) is 4.98 Å². The van der Waals surface area contributed by atoms with Crippen LogP contribution in [0.2, 0.25) is 0 Å².